The van der Waals surface area contributed by atoms with Crippen molar-refractivity contribution in [3.8, 4) is 0 Å². The third kappa shape index (κ3) is 4.45. The molecule has 0 aliphatic heterocycles. The van der Waals surface area contributed by atoms with Gasteiger partial charge in [-0.1, -0.05) is 23.7 Å². The van der Waals surface area contributed by atoms with Crippen molar-refractivity contribution in [1.29, 1.82) is 0 Å². The summed E-state index contributed by atoms with van der Waals surface area (Å²) >= 11 is 7.82. The summed E-state index contributed by atoms with van der Waals surface area (Å²) in [6.07, 6.45) is 2.13. The minimum absolute atomic E-state index is 0.353. The standard InChI is InChI=1S/C12H18ClNS/c1-9(8-15-3)14-10(2)11-5-4-6-12(13)7-11/h4-7,9-10,14H,8H2,1-3H3. The summed E-state index contributed by atoms with van der Waals surface area (Å²) in [7, 11) is 0. The lowest BCUT2D eigenvalue weighted by atomic mass is 10.1. The van der Waals surface area contributed by atoms with Crippen LogP contribution in [0.3, 0.4) is 0 Å². The first-order valence-electron chi connectivity index (χ1n) is 5.14. The predicted octanol–water partition coefficient (Wildman–Crippen LogP) is 3.74. The smallest absolute Gasteiger partial charge is 0.0409 e. The Morgan fingerprint density at radius 3 is 2.73 bits per heavy atom. The van der Waals surface area contributed by atoms with Crippen molar-refractivity contribution in [2.75, 3.05) is 12.0 Å². The maximum Gasteiger partial charge on any atom is 0.0409 e. The molecule has 3 heteroatoms. The first kappa shape index (κ1) is 12.9. The zero-order valence-corrected chi connectivity index (χ0v) is 11.0. The van der Waals surface area contributed by atoms with Crippen molar-refractivity contribution < 1.29 is 0 Å². The summed E-state index contributed by atoms with van der Waals surface area (Å²) in [5, 5.41) is 4.35. The van der Waals surface area contributed by atoms with Crippen LogP contribution in [-0.2, 0) is 0 Å². The minimum Gasteiger partial charge on any atom is -0.307 e. The Kier molecular flexibility index (Phi) is 5.51. The number of hydrogen-bond donors (Lipinski definition) is 1. The number of thioether (sulfide) groups is 1. The number of halogens is 1. The monoisotopic (exact) mass is 243 g/mol. The molecule has 0 heterocycles. The SMILES string of the molecule is CSCC(C)NC(C)c1cccc(Cl)c1. The zero-order chi connectivity index (χ0) is 11.3. The normalized spacial score (nSPS) is 14.9. The van der Waals surface area contributed by atoms with Crippen LogP contribution in [0.5, 0.6) is 0 Å². The van der Waals surface area contributed by atoms with Crippen LogP contribution in [0.1, 0.15) is 25.5 Å². The van der Waals surface area contributed by atoms with Crippen LogP contribution in [0.25, 0.3) is 0 Å². The molecule has 1 nitrogen and oxygen atoms in total. The average Bonchev–Trinajstić information content (AvgIpc) is 2.18. The molecule has 0 saturated carbocycles. The van der Waals surface area contributed by atoms with Crippen LogP contribution in [0.4, 0.5) is 0 Å². The Bertz CT molecular complexity index is 303. The van der Waals surface area contributed by atoms with Crippen molar-refractivity contribution in [2.24, 2.45) is 0 Å². The number of rotatable bonds is 5. The van der Waals surface area contributed by atoms with Gasteiger partial charge in [-0.25, -0.2) is 0 Å². The van der Waals surface area contributed by atoms with Gasteiger partial charge in [0.25, 0.3) is 0 Å². The van der Waals surface area contributed by atoms with Crippen molar-refractivity contribution in [3.05, 3.63) is 34.9 Å². The number of benzene rings is 1. The molecule has 84 valence electrons. The highest BCUT2D eigenvalue weighted by Crippen LogP contribution is 2.18. The predicted molar refractivity (Wildman–Crippen MR) is 70.8 cm³/mol. The molecule has 1 aromatic rings. The van der Waals surface area contributed by atoms with Gasteiger partial charge in [0.2, 0.25) is 0 Å². The summed E-state index contributed by atoms with van der Waals surface area (Å²) < 4.78 is 0. The summed E-state index contributed by atoms with van der Waals surface area (Å²) in [5.74, 6) is 1.13. The van der Waals surface area contributed by atoms with E-state index in [4.69, 9.17) is 11.6 Å². The van der Waals surface area contributed by atoms with E-state index in [1.807, 2.05) is 30.0 Å². The summed E-state index contributed by atoms with van der Waals surface area (Å²) in [6, 6.07) is 8.90. The minimum atomic E-state index is 0.353. The van der Waals surface area contributed by atoms with E-state index >= 15 is 0 Å². The molecule has 2 atom stereocenters. The van der Waals surface area contributed by atoms with E-state index in [2.05, 4.69) is 31.5 Å². The highest BCUT2D eigenvalue weighted by molar-refractivity contribution is 7.98. The Balaban J connectivity index is 2.56. The van der Waals surface area contributed by atoms with Crippen molar-refractivity contribution >= 4 is 23.4 Å². The number of hydrogen-bond acceptors (Lipinski definition) is 2. The largest absolute Gasteiger partial charge is 0.307 e. The molecule has 0 radical (unpaired) electrons. The van der Waals surface area contributed by atoms with E-state index in [0.717, 1.165) is 10.8 Å². The molecule has 1 N–H and O–H groups in total. The zero-order valence-electron chi connectivity index (χ0n) is 9.46. The van der Waals surface area contributed by atoms with E-state index in [-0.39, 0.29) is 0 Å². The molecule has 0 fully saturated rings. The first-order valence-corrected chi connectivity index (χ1v) is 6.91. The Morgan fingerprint density at radius 1 is 1.40 bits per heavy atom. The van der Waals surface area contributed by atoms with E-state index in [1.165, 1.54) is 5.56 Å². The second-order valence-corrected chi connectivity index (χ2v) is 5.15. The van der Waals surface area contributed by atoms with Gasteiger partial charge in [-0.05, 0) is 37.8 Å². The molecule has 0 bridgehead atoms. The lowest BCUT2D eigenvalue weighted by Crippen LogP contribution is -2.30. The van der Waals surface area contributed by atoms with E-state index in [1.54, 1.807) is 0 Å². The van der Waals surface area contributed by atoms with Crippen LogP contribution in [-0.4, -0.2) is 18.1 Å². The Morgan fingerprint density at radius 2 is 2.13 bits per heavy atom. The Labute approximate surface area is 102 Å². The van der Waals surface area contributed by atoms with E-state index in [0.29, 0.717) is 12.1 Å². The topological polar surface area (TPSA) is 12.0 Å². The Hall–Kier alpha value is -0.180. The molecule has 0 saturated heterocycles. The van der Waals surface area contributed by atoms with Crippen LogP contribution < -0.4 is 5.32 Å². The van der Waals surface area contributed by atoms with Gasteiger partial charge in [-0.3, -0.25) is 0 Å². The molecule has 1 aromatic carbocycles. The van der Waals surface area contributed by atoms with Crippen molar-refractivity contribution in [3.63, 3.8) is 0 Å². The first-order chi connectivity index (χ1) is 7.13. The molecule has 0 spiro atoms. The third-order valence-electron chi connectivity index (χ3n) is 2.30. The van der Waals surface area contributed by atoms with Crippen LogP contribution in [0.2, 0.25) is 5.02 Å². The number of nitrogens with one attached hydrogen (secondary N) is 1. The fourth-order valence-corrected chi connectivity index (χ4v) is 2.39. The molecule has 0 aromatic heterocycles. The maximum absolute atomic E-state index is 5.95. The molecule has 0 aliphatic carbocycles. The van der Waals surface area contributed by atoms with Crippen molar-refractivity contribution in [1.82, 2.24) is 5.32 Å². The summed E-state index contributed by atoms with van der Waals surface area (Å²) in [6.45, 7) is 4.38. The third-order valence-corrected chi connectivity index (χ3v) is 3.37. The second-order valence-electron chi connectivity index (χ2n) is 3.80. The fraction of sp³-hybridized carbons (Fsp3) is 0.500. The quantitative estimate of drug-likeness (QED) is 0.846. The van der Waals surface area contributed by atoms with Crippen LogP contribution in [0.15, 0.2) is 24.3 Å². The molecular formula is C12H18ClNS. The van der Waals surface area contributed by atoms with Crippen LogP contribution >= 0.6 is 23.4 Å². The highest BCUT2D eigenvalue weighted by Gasteiger charge is 2.08. The van der Waals surface area contributed by atoms with Gasteiger partial charge in [0, 0.05) is 22.9 Å². The second kappa shape index (κ2) is 6.41. The molecule has 1 rings (SSSR count). The van der Waals surface area contributed by atoms with Gasteiger partial charge < -0.3 is 5.32 Å². The van der Waals surface area contributed by atoms with Gasteiger partial charge in [0.15, 0.2) is 0 Å². The molecule has 2 unspecified atom stereocenters. The lowest BCUT2D eigenvalue weighted by molar-refractivity contribution is 0.511. The molecule has 0 amide bonds. The summed E-state index contributed by atoms with van der Waals surface area (Å²) in [5.41, 5.74) is 1.25. The van der Waals surface area contributed by atoms with Gasteiger partial charge in [0.1, 0.15) is 0 Å². The van der Waals surface area contributed by atoms with Gasteiger partial charge in [-0.2, -0.15) is 11.8 Å². The summed E-state index contributed by atoms with van der Waals surface area (Å²) in [4.78, 5) is 0. The van der Waals surface area contributed by atoms with E-state index in [9.17, 15) is 0 Å². The van der Waals surface area contributed by atoms with E-state index < -0.39 is 0 Å². The lowest BCUT2D eigenvalue weighted by Gasteiger charge is -2.19. The van der Waals surface area contributed by atoms with Crippen molar-refractivity contribution in [2.45, 2.75) is 25.9 Å². The van der Waals surface area contributed by atoms with Gasteiger partial charge >= 0.3 is 0 Å². The molecular weight excluding hydrogens is 226 g/mol. The fourth-order valence-electron chi connectivity index (χ4n) is 1.60. The molecule has 15 heavy (non-hydrogen) atoms. The van der Waals surface area contributed by atoms with Gasteiger partial charge in [0.05, 0.1) is 0 Å². The highest BCUT2D eigenvalue weighted by atomic mass is 35.5. The van der Waals surface area contributed by atoms with Gasteiger partial charge in [-0.15, -0.1) is 0 Å². The maximum atomic E-state index is 5.95. The average molecular weight is 244 g/mol. The molecule has 0 aliphatic rings. The van der Waals surface area contributed by atoms with Crippen LogP contribution in [0, 0.1) is 0 Å².